The van der Waals surface area contributed by atoms with Gasteiger partial charge in [-0.15, -0.1) is 24.0 Å². The molecular formula is C5H10Cl2O2. The van der Waals surface area contributed by atoms with Crippen LogP contribution in [-0.4, -0.2) is 16.5 Å². The molecule has 56 valence electrons. The Labute approximate surface area is 65.6 Å². The van der Waals surface area contributed by atoms with E-state index in [1.807, 2.05) is 0 Å². The highest BCUT2D eigenvalue weighted by molar-refractivity contribution is 6.29. The van der Waals surface area contributed by atoms with Gasteiger partial charge in [0, 0.05) is 0 Å². The van der Waals surface area contributed by atoms with Gasteiger partial charge in [0.1, 0.15) is 5.38 Å². The van der Waals surface area contributed by atoms with E-state index in [0.29, 0.717) is 0 Å². The van der Waals surface area contributed by atoms with Gasteiger partial charge in [-0.25, -0.2) is 0 Å². The zero-order valence-electron chi connectivity index (χ0n) is 5.30. The first-order valence-electron chi connectivity index (χ1n) is 2.42. The molecule has 4 heteroatoms. The van der Waals surface area contributed by atoms with Gasteiger partial charge in [0.25, 0.3) is 0 Å². The number of rotatable bonds is 2. The lowest BCUT2D eigenvalue weighted by atomic mass is 10.1. The van der Waals surface area contributed by atoms with E-state index in [2.05, 4.69) is 0 Å². The van der Waals surface area contributed by atoms with E-state index in [1.165, 1.54) is 0 Å². The van der Waals surface area contributed by atoms with Gasteiger partial charge in [-0.1, -0.05) is 13.8 Å². The maximum absolute atomic E-state index is 10.0. The normalized spacial score (nSPS) is 12.4. The van der Waals surface area contributed by atoms with E-state index in [-0.39, 0.29) is 18.3 Å². The monoisotopic (exact) mass is 172 g/mol. The largest absolute Gasteiger partial charge is 0.480 e. The quantitative estimate of drug-likeness (QED) is 0.646. The molecule has 0 spiro atoms. The second kappa shape index (κ2) is 4.89. The lowest BCUT2D eigenvalue weighted by Crippen LogP contribution is -2.19. The molecule has 9 heavy (non-hydrogen) atoms. The Hall–Kier alpha value is 0.0500. The van der Waals surface area contributed by atoms with Gasteiger partial charge < -0.3 is 5.11 Å². The fourth-order valence-corrected chi connectivity index (χ4v) is 0.285. The Kier molecular flexibility index (Phi) is 6.40. The van der Waals surface area contributed by atoms with Crippen molar-refractivity contribution in [1.29, 1.82) is 0 Å². The van der Waals surface area contributed by atoms with Gasteiger partial charge in [-0.2, -0.15) is 0 Å². The molecule has 0 saturated heterocycles. The second-order valence-corrected chi connectivity index (χ2v) is 2.45. The zero-order valence-corrected chi connectivity index (χ0v) is 6.87. The van der Waals surface area contributed by atoms with E-state index in [0.717, 1.165) is 0 Å². The van der Waals surface area contributed by atoms with Crippen molar-refractivity contribution in [1.82, 2.24) is 0 Å². The molecule has 1 atom stereocenters. The van der Waals surface area contributed by atoms with Gasteiger partial charge >= 0.3 is 5.97 Å². The number of aliphatic carboxylic acids is 1. The van der Waals surface area contributed by atoms with Crippen molar-refractivity contribution in [3.63, 3.8) is 0 Å². The third-order valence-corrected chi connectivity index (χ3v) is 1.51. The summed E-state index contributed by atoms with van der Waals surface area (Å²) in [6.07, 6.45) is 0. The SMILES string of the molecule is CC(C)[C@H](Cl)C(=O)O.Cl. The van der Waals surface area contributed by atoms with Gasteiger partial charge in [0.15, 0.2) is 0 Å². The molecule has 0 rings (SSSR count). The molecule has 0 heterocycles. The van der Waals surface area contributed by atoms with Crippen LogP contribution >= 0.6 is 24.0 Å². The number of hydrogen-bond donors (Lipinski definition) is 1. The van der Waals surface area contributed by atoms with Crippen molar-refractivity contribution < 1.29 is 9.90 Å². The van der Waals surface area contributed by atoms with Crippen LogP contribution in [0.2, 0.25) is 0 Å². The van der Waals surface area contributed by atoms with Crippen LogP contribution in [0.5, 0.6) is 0 Å². The van der Waals surface area contributed by atoms with E-state index in [4.69, 9.17) is 16.7 Å². The van der Waals surface area contributed by atoms with Crippen LogP contribution in [0.15, 0.2) is 0 Å². The number of halogens is 2. The first-order chi connectivity index (χ1) is 3.55. The molecule has 0 aromatic carbocycles. The molecular weight excluding hydrogens is 163 g/mol. The van der Waals surface area contributed by atoms with Crippen molar-refractivity contribution in [3.8, 4) is 0 Å². The van der Waals surface area contributed by atoms with E-state index < -0.39 is 11.3 Å². The highest BCUT2D eigenvalue weighted by Gasteiger charge is 2.16. The van der Waals surface area contributed by atoms with Crippen LogP contribution in [0.25, 0.3) is 0 Å². The van der Waals surface area contributed by atoms with Crippen LogP contribution in [0.1, 0.15) is 13.8 Å². The van der Waals surface area contributed by atoms with Crippen molar-refractivity contribution in [2.75, 3.05) is 0 Å². The van der Waals surface area contributed by atoms with Gasteiger partial charge in [0.05, 0.1) is 0 Å². The summed E-state index contributed by atoms with van der Waals surface area (Å²) >= 11 is 5.35. The highest BCUT2D eigenvalue weighted by atomic mass is 35.5. The molecule has 0 aliphatic rings. The molecule has 0 unspecified atom stereocenters. The molecule has 0 saturated carbocycles. The predicted octanol–water partition coefficient (Wildman–Crippen LogP) is 1.76. The third-order valence-electron chi connectivity index (χ3n) is 0.821. The summed E-state index contributed by atoms with van der Waals surface area (Å²) in [4.78, 5) is 10.0. The first-order valence-corrected chi connectivity index (χ1v) is 2.86. The van der Waals surface area contributed by atoms with E-state index in [9.17, 15) is 4.79 Å². The molecule has 2 nitrogen and oxygen atoms in total. The molecule has 1 N–H and O–H groups in total. The average molecular weight is 173 g/mol. The Bertz CT molecular complexity index is 93.0. The molecule has 0 radical (unpaired) electrons. The highest BCUT2D eigenvalue weighted by Crippen LogP contribution is 2.08. The molecule has 0 aliphatic heterocycles. The molecule has 0 bridgehead atoms. The Morgan fingerprint density at radius 1 is 1.56 bits per heavy atom. The minimum absolute atomic E-state index is 0. The van der Waals surface area contributed by atoms with E-state index in [1.54, 1.807) is 13.8 Å². The minimum Gasteiger partial charge on any atom is -0.480 e. The van der Waals surface area contributed by atoms with Gasteiger partial charge in [0.2, 0.25) is 0 Å². The summed E-state index contributed by atoms with van der Waals surface area (Å²) in [7, 11) is 0. The van der Waals surface area contributed by atoms with Crippen LogP contribution in [0, 0.1) is 5.92 Å². The molecule has 0 aromatic rings. The Balaban J connectivity index is 0. The Morgan fingerprint density at radius 3 is 1.89 bits per heavy atom. The van der Waals surface area contributed by atoms with Gasteiger partial charge in [-0.05, 0) is 5.92 Å². The van der Waals surface area contributed by atoms with Crippen LogP contribution in [0.3, 0.4) is 0 Å². The second-order valence-electron chi connectivity index (χ2n) is 1.98. The predicted molar refractivity (Wildman–Crippen MR) is 39.4 cm³/mol. The van der Waals surface area contributed by atoms with Crippen LogP contribution < -0.4 is 0 Å². The first kappa shape index (κ1) is 11.8. The third kappa shape index (κ3) is 4.55. The Morgan fingerprint density at radius 2 is 1.89 bits per heavy atom. The lowest BCUT2D eigenvalue weighted by Gasteiger charge is -2.05. The topological polar surface area (TPSA) is 37.3 Å². The number of alkyl halides is 1. The molecule has 0 amide bonds. The minimum atomic E-state index is -0.943. The van der Waals surface area contributed by atoms with E-state index >= 15 is 0 Å². The van der Waals surface area contributed by atoms with Crippen molar-refractivity contribution in [2.45, 2.75) is 19.2 Å². The number of carboxylic acids is 1. The van der Waals surface area contributed by atoms with Crippen molar-refractivity contribution >= 4 is 30.0 Å². The standard InChI is InChI=1S/C5H9ClO2.ClH/c1-3(2)4(6)5(7)8;/h3-4H,1-2H3,(H,7,8);1H/t4-;/m0./s1. The molecule has 0 aliphatic carbocycles. The zero-order chi connectivity index (χ0) is 6.73. The number of carboxylic acid groups (broad SMARTS) is 1. The lowest BCUT2D eigenvalue weighted by molar-refractivity contribution is -0.137. The van der Waals surface area contributed by atoms with Crippen LogP contribution in [0.4, 0.5) is 0 Å². The fraction of sp³-hybridized carbons (Fsp3) is 0.800. The summed E-state index contributed by atoms with van der Waals surface area (Å²) < 4.78 is 0. The van der Waals surface area contributed by atoms with Crippen molar-refractivity contribution in [2.24, 2.45) is 5.92 Å². The summed E-state index contributed by atoms with van der Waals surface area (Å²) in [6.45, 7) is 3.54. The number of carbonyl (C=O) groups is 1. The maximum Gasteiger partial charge on any atom is 0.321 e. The molecule has 0 fully saturated rings. The van der Waals surface area contributed by atoms with Gasteiger partial charge in [-0.3, -0.25) is 4.79 Å². The molecule has 0 aromatic heterocycles. The smallest absolute Gasteiger partial charge is 0.321 e. The summed E-state index contributed by atoms with van der Waals surface area (Å²) in [5, 5.41) is 7.48. The van der Waals surface area contributed by atoms with Crippen molar-refractivity contribution in [3.05, 3.63) is 0 Å². The summed E-state index contributed by atoms with van der Waals surface area (Å²) in [5.74, 6) is -0.934. The number of hydrogen-bond acceptors (Lipinski definition) is 1. The average Bonchev–Trinajstić information content (AvgIpc) is 1.64. The summed E-state index contributed by atoms with van der Waals surface area (Å²) in [5.41, 5.74) is 0. The van der Waals surface area contributed by atoms with Crippen LogP contribution in [-0.2, 0) is 4.79 Å². The fourth-order valence-electron chi connectivity index (χ4n) is 0.285. The summed E-state index contributed by atoms with van der Waals surface area (Å²) in [6, 6.07) is 0. The maximum atomic E-state index is 10.0.